The number of hydrogen-bond acceptors (Lipinski definition) is 4. The Morgan fingerprint density at radius 3 is 2.76 bits per heavy atom. The van der Waals surface area contributed by atoms with Gasteiger partial charge in [-0.15, -0.1) is 0 Å². The minimum absolute atomic E-state index is 0.00890. The van der Waals surface area contributed by atoms with E-state index < -0.39 is 0 Å². The first-order chi connectivity index (χ1) is 12.3. The zero-order valence-electron chi connectivity index (χ0n) is 14.0. The third kappa shape index (κ3) is 2.96. The molecule has 1 unspecified atom stereocenters. The van der Waals surface area contributed by atoms with Gasteiger partial charge in [-0.1, -0.05) is 12.1 Å². The molecule has 2 heterocycles. The third-order valence-electron chi connectivity index (χ3n) is 4.56. The summed E-state index contributed by atoms with van der Waals surface area (Å²) in [5.41, 5.74) is 2.56. The van der Waals surface area contributed by atoms with Crippen LogP contribution in [0, 0.1) is 0 Å². The zero-order valence-corrected chi connectivity index (χ0v) is 14.0. The minimum Gasteiger partial charge on any atom is -0.497 e. The third-order valence-corrected chi connectivity index (χ3v) is 4.56. The maximum absolute atomic E-state index is 13.0. The van der Waals surface area contributed by atoms with Crippen molar-refractivity contribution in [1.82, 2.24) is 20.2 Å². The van der Waals surface area contributed by atoms with Crippen molar-refractivity contribution in [2.75, 3.05) is 26.7 Å². The number of para-hydroxylation sites is 2. The molecule has 1 aliphatic rings. The van der Waals surface area contributed by atoms with Gasteiger partial charge in [0.25, 0.3) is 5.91 Å². The SMILES string of the molecule is COc1ccc(C(=O)N2CCNCC2c2nc3ccccc3[nH]2)cc1. The quantitative estimate of drug-likeness (QED) is 0.770. The van der Waals surface area contributed by atoms with Crippen LogP contribution in [-0.2, 0) is 0 Å². The van der Waals surface area contributed by atoms with Crippen LogP contribution in [0.4, 0.5) is 0 Å². The van der Waals surface area contributed by atoms with Crippen LogP contribution >= 0.6 is 0 Å². The van der Waals surface area contributed by atoms with Crippen molar-refractivity contribution in [2.45, 2.75) is 6.04 Å². The molecule has 1 atom stereocenters. The monoisotopic (exact) mass is 336 g/mol. The predicted octanol–water partition coefficient (Wildman–Crippen LogP) is 2.36. The number of hydrogen-bond donors (Lipinski definition) is 2. The molecule has 3 aromatic rings. The summed E-state index contributed by atoms with van der Waals surface area (Å²) in [6.07, 6.45) is 0. The summed E-state index contributed by atoms with van der Waals surface area (Å²) in [4.78, 5) is 22.9. The number of H-pyrrole nitrogens is 1. The van der Waals surface area contributed by atoms with E-state index in [1.165, 1.54) is 0 Å². The van der Waals surface area contributed by atoms with E-state index in [4.69, 9.17) is 4.74 Å². The second-order valence-corrected chi connectivity index (χ2v) is 6.09. The Bertz CT molecular complexity index is 855. The Labute approximate surface area is 145 Å². The summed E-state index contributed by atoms with van der Waals surface area (Å²) in [6, 6.07) is 15.0. The molecule has 0 spiro atoms. The summed E-state index contributed by atoms with van der Waals surface area (Å²) < 4.78 is 5.17. The maximum atomic E-state index is 13.0. The van der Waals surface area contributed by atoms with Crippen LogP contribution in [0.15, 0.2) is 48.5 Å². The summed E-state index contributed by atoms with van der Waals surface area (Å²) in [5, 5.41) is 3.36. The van der Waals surface area contributed by atoms with Gasteiger partial charge in [-0.25, -0.2) is 4.98 Å². The number of piperazine rings is 1. The number of methoxy groups -OCH3 is 1. The summed E-state index contributed by atoms with van der Waals surface area (Å²) in [5.74, 6) is 1.57. The normalized spacial score (nSPS) is 17.6. The molecule has 0 bridgehead atoms. The van der Waals surface area contributed by atoms with E-state index >= 15 is 0 Å². The van der Waals surface area contributed by atoms with Crippen molar-refractivity contribution in [3.05, 3.63) is 59.9 Å². The molecule has 2 aromatic carbocycles. The topological polar surface area (TPSA) is 70.2 Å². The fourth-order valence-electron chi connectivity index (χ4n) is 3.22. The van der Waals surface area contributed by atoms with Gasteiger partial charge in [-0.2, -0.15) is 0 Å². The Morgan fingerprint density at radius 1 is 1.20 bits per heavy atom. The zero-order chi connectivity index (χ0) is 17.2. The van der Waals surface area contributed by atoms with Gasteiger partial charge < -0.3 is 19.9 Å². The van der Waals surface area contributed by atoms with Crippen molar-refractivity contribution in [1.29, 1.82) is 0 Å². The van der Waals surface area contributed by atoms with Gasteiger partial charge >= 0.3 is 0 Å². The standard InChI is InChI=1S/C19H20N4O2/c1-25-14-8-6-13(7-9-14)19(24)23-11-10-20-12-17(23)18-21-15-4-2-3-5-16(15)22-18/h2-9,17,20H,10-12H2,1H3,(H,21,22). The van der Waals surface area contributed by atoms with E-state index in [0.717, 1.165) is 29.2 Å². The number of nitrogens with zero attached hydrogens (tertiary/aromatic N) is 2. The first kappa shape index (κ1) is 15.7. The molecule has 6 heteroatoms. The van der Waals surface area contributed by atoms with Crippen molar-refractivity contribution in [2.24, 2.45) is 0 Å². The highest BCUT2D eigenvalue weighted by Gasteiger charge is 2.30. The number of imidazole rings is 1. The van der Waals surface area contributed by atoms with Gasteiger partial charge in [-0.3, -0.25) is 4.79 Å². The highest BCUT2D eigenvalue weighted by Crippen LogP contribution is 2.25. The number of nitrogens with one attached hydrogen (secondary N) is 2. The second-order valence-electron chi connectivity index (χ2n) is 6.09. The smallest absolute Gasteiger partial charge is 0.254 e. The molecule has 128 valence electrons. The number of rotatable bonds is 3. The van der Waals surface area contributed by atoms with Crippen molar-refractivity contribution >= 4 is 16.9 Å². The van der Waals surface area contributed by atoms with E-state index in [-0.39, 0.29) is 11.9 Å². The van der Waals surface area contributed by atoms with Gasteiger partial charge in [-0.05, 0) is 36.4 Å². The highest BCUT2D eigenvalue weighted by atomic mass is 16.5. The fourth-order valence-corrected chi connectivity index (χ4v) is 3.22. The molecule has 1 fully saturated rings. The fraction of sp³-hybridized carbons (Fsp3) is 0.263. The molecule has 0 saturated carbocycles. The number of ether oxygens (including phenoxy) is 1. The molecule has 4 rings (SSSR count). The van der Waals surface area contributed by atoms with E-state index in [1.54, 1.807) is 19.2 Å². The highest BCUT2D eigenvalue weighted by molar-refractivity contribution is 5.94. The summed E-state index contributed by atoms with van der Waals surface area (Å²) >= 11 is 0. The lowest BCUT2D eigenvalue weighted by atomic mass is 10.1. The predicted molar refractivity (Wildman–Crippen MR) is 95.7 cm³/mol. The van der Waals surface area contributed by atoms with Gasteiger partial charge in [0.1, 0.15) is 17.6 Å². The molecule has 25 heavy (non-hydrogen) atoms. The van der Waals surface area contributed by atoms with E-state index in [1.807, 2.05) is 41.3 Å². The Morgan fingerprint density at radius 2 is 2.00 bits per heavy atom. The molecule has 6 nitrogen and oxygen atoms in total. The van der Waals surface area contributed by atoms with Gasteiger partial charge in [0.15, 0.2) is 0 Å². The average Bonchev–Trinajstić information content (AvgIpc) is 3.11. The van der Waals surface area contributed by atoms with Crippen LogP contribution in [0.5, 0.6) is 5.75 Å². The molecule has 1 aromatic heterocycles. The summed E-state index contributed by atoms with van der Waals surface area (Å²) in [6.45, 7) is 2.10. The Kier molecular flexibility index (Phi) is 4.11. The number of carbonyl (C=O) groups excluding carboxylic acids is 1. The van der Waals surface area contributed by atoms with E-state index in [0.29, 0.717) is 18.7 Å². The molecule has 0 radical (unpaired) electrons. The van der Waals surface area contributed by atoms with Gasteiger partial charge in [0, 0.05) is 25.2 Å². The number of carbonyl (C=O) groups is 1. The number of amides is 1. The maximum Gasteiger partial charge on any atom is 0.254 e. The van der Waals surface area contributed by atoms with E-state index in [2.05, 4.69) is 15.3 Å². The first-order valence-electron chi connectivity index (χ1n) is 8.36. The van der Waals surface area contributed by atoms with Crippen LogP contribution in [0.3, 0.4) is 0 Å². The molecule has 0 aliphatic carbocycles. The molecule has 1 aliphatic heterocycles. The molecular formula is C19H20N4O2. The molecule has 1 saturated heterocycles. The summed E-state index contributed by atoms with van der Waals surface area (Å²) in [7, 11) is 1.62. The first-order valence-corrected chi connectivity index (χ1v) is 8.36. The number of aromatic amines is 1. The lowest BCUT2D eigenvalue weighted by Crippen LogP contribution is -2.49. The second kappa shape index (κ2) is 6.57. The Balaban J connectivity index is 1.64. The van der Waals surface area contributed by atoms with Crippen molar-refractivity contribution in [3.8, 4) is 5.75 Å². The van der Waals surface area contributed by atoms with Crippen LogP contribution in [-0.4, -0.2) is 47.5 Å². The molecule has 1 amide bonds. The van der Waals surface area contributed by atoms with Crippen LogP contribution in [0.2, 0.25) is 0 Å². The lowest BCUT2D eigenvalue weighted by molar-refractivity contribution is 0.0625. The van der Waals surface area contributed by atoms with E-state index in [9.17, 15) is 4.79 Å². The average molecular weight is 336 g/mol. The van der Waals surface area contributed by atoms with Crippen molar-refractivity contribution in [3.63, 3.8) is 0 Å². The van der Waals surface area contributed by atoms with Crippen LogP contribution < -0.4 is 10.1 Å². The largest absolute Gasteiger partial charge is 0.497 e. The van der Waals surface area contributed by atoms with Crippen molar-refractivity contribution < 1.29 is 9.53 Å². The Hall–Kier alpha value is -2.86. The van der Waals surface area contributed by atoms with Gasteiger partial charge in [0.2, 0.25) is 0 Å². The van der Waals surface area contributed by atoms with Crippen LogP contribution in [0.25, 0.3) is 11.0 Å². The minimum atomic E-state index is -0.115. The number of aromatic nitrogens is 2. The number of fused-ring (bicyclic) bond motifs is 1. The lowest BCUT2D eigenvalue weighted by Gasteiger charge is -2.35. The van der Waals surface area contributed by atoms with Gasteiger partial charge in [0.05, 0.1) is 18.1 Å². The molecular weight excluding hydrogens is 316 g/mol. The van der Waals surface area contributed by atoms with Crippen LogP contribution in [0.1, 0.15) is 22.2 Å². The molecule has 2 N–H and O–H groups in total. The number of benzene rings is 2.